The van der Waals surface area contributed by atoms with Gasteiger partial charge in [0.05, 0.1) is 11.9 Å². The zero-order valence-electron chi connectivity index (χ0n) is 22.0. The van der Waals surface area contributed by atoms with Crippen LogP contribution in [0.3, 0.4) is 0 Å². The number of H-pyrrole nitrogens is 1. The Bertz CT molecular complexity index is 1680. The highest BCUT2D eigenvalue weighted by Crippen LogP contribution is 2.21. The molecule has 0 fully saturated rings. The van der Waals surface area contributed by atoms with Gasteiger partial charge >= 0.3 is 0 Å². The van der Waals surface area contributed by atoms with Crippen LogP contribution in [0, 0.1) is 19.8 Å². The summed E-state index contributed by atoms with van der Waals surface area (Å²) in [6.45, 7) is 3.86. The number of pyridine rings is 3. The number of aromatic nitrogens is 7. The van der Waals surface area contributed by atoms with E-state index >= 15 is 0 Å². The number of imidazole rings is 1. The molecule has 3 N–H and O–H groups in total. The molecule has 0 saturated carbocycles. The standard InChI is InChI=1S/C28H25FN10O/c1-16-10-24(37-26-15-33-25(38-26)14-30-3)39-27(35-16)19-5-8-22(32-13-19)28(40)34-12-18-4-7-21(31-11-18)20-6-9-23(29)36-17(20)2/h4-11,13-15H,12H2,1-3H3,(H,33,38)(H,34,40)(H,35,37,39)/b30-14-. The Morgan fingerprint density at radius 3 is 2.60 bits per heavy atom. The first-order valence-electron chi connectivity index (χ1n) is 12.3. The molecule has 0 aromatic carbocycles. The van der Waals surface area contributed by atoms with Crippen LogP contribution >= 0.6 is 0 Å². The maximum Gasteiger partial charge on any atom is 0.270 e. The van der Waals surface area contributed by atoms with Crippen LogP contribution in [0.5, 0.6) is 0 Å². The van der Waals surface area contributed by atoms with E-state index in [9.17, 15) is 9.18 Å². The number of carbonyl (C=O) groups is 1. The Hall–Kier alpha value is -5.39. The van der Waals surface area contributed by atoms with E-state index in [2.05, 4.69) is 50.5 Å². The van der Waals surface area contributed by atoms with Crippen LogP contribution in [-0.2, 0) is 6.54 Å². The van der Waals surface area contributed by atoms with Gasteiger partial charge in [0, 0.05) is 60.8 Å². The lowest BCUT2D eigenvalue weighted by Gasteiger charge is -2.08. The van der Waals surface area contributed by atoms with Gasteiger partial charge in [-0.2, -0.15) is 4.39 Å². The number of nitrogens with one attached hydrogen (secondary N) is 3. The summed E-state index contributed by atoms with van der Waals surface area (Å²) in [6.07, 6.45) is 6.56. The lowest BCUT2D eigenvalue weighted by atomic mass is 10.1. The SMILES string of the molecule is C/N=C\c1nc(Nc2cc(C)nc(-c3ccc(C(=O)NCc4ccc(-c5ccc(F)nc5C)nc4)nc3)n2)c[nH]1. The van der Waals surface area contributed by atoms with Crippen molar-refractivity contribution in [2.45, 2.75) is 20.4 Å². The van der Waals surface area contributed by atoms with Crippen molar-refractivity contribution in [3.05, 3.63) is 95.5 Å². The fraction of sp³-hybridized carbons (Fsp3) is 0.143. The quantitative estimate of drug-likeness (QED) is 0.198. The van der Waals surface area contributed by atoms with Gasteiger partial charge < -0.3 is 15.6 Å². The maximum absolute atomic E-state index is 13.3. The number of amides is 1. The highest BCUT2D eigenvalue weighted by Gasteiger charge is 2.12. The highest BCUT2D eigenvalue weighted by molar-refractivity contribution is 5.92. The molecule has 0 saturated heterocycles. The van der Waals surface area contributed by atoms with Gasteiger partial charge in [0.1, 0.15) is 17.3 Å². The third kappa shape index (κ3) is 6.18. The van der Waals surface area contributed by atoms with Crippen LogP contribution in [-0.4, -0.2) is 54.1 Å². The first-order valence-corrected chi connectivity index (χ1v) is 12.3. The summed E-state index contributed by atoms with van der Waals surface area (Å²) >= 11 is 0. The molecule has 0 aliphatic carbocycles. The Kier molecular flexibility index (Phi) is 7.58. The van der Waals surface area contributed by atoms with Crippen molar-refractivity contribution < 1.29 is 9.18 Å². The predicted molar refractivity (Wildman–Crippen MR) is 149 cm³/mol. The minimum atomic E-state index is -0.530. The van der Waals surface area contributed by atoms with Crippen molar-refractivity contribution in [2.75, 3.05) is 12.4 Å². The van der Waals surface area contributed by atoms with Crippen molar-refractivity contribution in [3.8, 4) is 22.6 Å². The van der Waals surface area contributed by atoms with E-state index in [1.165, 1.54) is 6.07 Å². The second kappa shape index (κ2) is 11.6. The lowest BCUT2D eigenvalue weighted by Crippen LogP contribution is -2.23. The smallest absolute Gasteiger partial charge is 0.270 e. The number of carbonyl (C=O) groups excluding carboxylic acids is 1. The summed E-state index contributed by atoms with van der Waals surface area (Å²) in [7, 11) is 1.67. The monoisotopic (exact) mass is 536 g/mol. The molecular weight excluding hydrogens is 511 g/mol. The second-order valence-electron chi connectivity index (χ2n) is 8.83. The molecule has 0 atom stereocenters. The minimum absolute atomic E-state index is 0.258. The Morgan fingerprint density at radius 2 is 1.88 bits per heavy atom. The summed E-state index contributed by atoms with van der Waals surface area (Å²) in [5.41, 5.74) is 4.46. The largest absolute Gasteiger partial charge is 0.347 e. The number of aliphatic imine (C=N–C) groups is 1. The molecule has 0 spiro atoms. The molecule has 200 valence electrons. The van der Waals surface area contributed by atoms with E-state index in [1.54, 1.807) is 63.0 Å². The normalized spacial score (nSPS) is 11.1. The first kappa shape index (κ1) is 26.2. The van der Waals surface area contributed by atoms with Crippen molar-refractivity contribution in [1.29, 1.82) is 0 Å². The molecule has 0 radical (unpaired) electrons. The van der Waals surface area contributed by atoms with Gasteiger partial charge in [-0.1, -0.05) is 6.07 Å². The summed E-state index contributed by atoms with van der Waals surface area (Å²) in [4.78, 5) is 45.6. The minimum Gasteiger partial charge on any atom is -0.347 e. The van der Waals surface area contributed by atoms with Crippen molar-refractivity contribution >= 4 is 23.8 Å². The number of aromatic amines is 1. The van der Waals surface area contributed by atoms with E-state index in [4.69, 9.17) is 0 Å². The fourth-order valence-electron chi connectivity index (χ4n) is 3.90. The predicted octanol–water partition coefficient (Wildman–Crippen LogP) is 4.20. The van der Waals surface area contributed by atoms with Gasteiger partial charge in [-0.3, -0.25) is 19.8 Å². The molecule has 0 aliphatic heterocycles. The van der Waals surface area contributed by atoms with Gasteiger partial charge in [-0.25, -0.2) is 19.9 Å². The van der Waals surface area contributed by atoms with Crippen LogP contribution in [0.1, 0.15) is 33.3 Å². The van der Waals surface area contributed by atoms with Crippen LogP contribution in [0.4, 0.5) is 16.0 Å². The molecule has 0 unspecified atom stereocenters. The van der Waals surface area contributed by atoms with Crippen LogP contribution in [0.2, 0.25) is 0 Å². The number of anilines is 2. The number of aryl methyl sites for hydroxylation is 2. The van der Waals surface area contributed by atoms with E-state index in [0.29, 0.717) is 40.2 Å². The van der Waals surface area contributed by atoms with Gasteiger partial charge in [0.15, 0.2) is 11.6 Å². The second-order valence-corrected chi connectivity index (χ2v) is 8.83. The van der Waals surface area contributed by atoms with Gasteiger partial charge in [-0.15, -0.1) is 0 Å². The van der Waals surface area contributed by atoms with Crippen LogP contribution in [0.25, 0.3) is 22.6 Å². The van der Waals surface area contributed by atoms with Gasteiger partial charge in [-0.05, 0) is 49.7 Å². The number of hydrogen-bond acceptors (Lipinski definition) is 9. The average Bonchev–Trinajstić information content (AvgIpc) is 3.38. The maximum atomic E-state index is 13.3. The molecule has 0 bridgehead atoms. The van der Waals surface area contributed by atoms with Gasteiger partial charge in [0.2, 0.25) is 5.95 Å². The Labute approximate surface area is 229 Å². The Balaban J connectivity index is 1.22. The summed E-state index contributed by atoms with van der Waals surface area (Å²) < 4.78 is 13.3. The molecule has 1 amide bonds. The summed E-state index contributed by atoms with van der Waals surface area (Å²) in [6, 6.07) is 11.8. The number of halogens is 1. The van der Waals surface area contributed by atoms with Gasteiger partial charge in [0.25, 0.3) is 5.91 Å². The summed E-state index contributed by atoms with van der Waals surface area (Å²) in [5, 5.41) is 6.00. The average molecular weight is 537 g/mol. The molecule has 5 aromatic rings. The molecule has 5 aromatic heterocycles. The topological polar surface area (TPSA) is 147 Å². The number of hydrogen-bond donors (Lipinski definition) is 3. The third-order valence-corrected chi connectivity index (χ3v) is 5.82. The number of rotatable bonds is 8. The van der Waals surface area contributed by atoms with E-state index < -0.39 is 5.95 Å². The molecule has 40 heavy (non-hydrogen) atoms. The Morgan fingerprint density at radius 1 is 1.00 bits per heavy atom. The first-order chi connectivity index (χ1) is 19.4. The zero-order chi connectivity index (χ0) is 28.1. The molecule has 5 rings (SSSR count). The van der Waals surface area contributed by atoms with Crippen molar-refractivity contribution in [3.63, 3.8) is 0 Å². The van der Waals surface area contributed by atoms with Crippen LogP contribution < -0.4 is 10.6 Å². The highest BCUT2D eigenvalue weighted by atomic mass is 19.1. The summed E-state index contributed by atoms with van der Waals surface area (Å²) in [5.74, 6) is 1.40. The third-order valence-electron chi connectivity index (χ3n) is 5.82. The van der Waals surface area contributed by atoms with Crippen molar-refractivity contribution in [2.24, 2.45) is 4.99 Å². The molecule has 0 aliphatic rings. The zero-order valence-corrected chi connectivity index (χ0v) is 22.0. The molecular formula is C28H25FN10O. The van der Waals surface area contributed by atoms with Crippen molar-refractivity contribution in [1.82, 2.24) is 40.2 Å². The van der Waals surface area contributed by atoms with Crippen LogP contribution in [0.15, 0.2) is 66.0 Å². The fourth-order valence-corrected chi connectivity index (χ4v) is 3.90. The lowest BCUT2D eigenvalue weighted by molar-refractivity contribution is 0.0946. The molecule has 5 heterocycles. The van der Waals surface area contributed by atoms with E-state index in [0.717, 1.165) is 16.8 Å². The van der Waals surface area contributed by atoms with E-state index in [-0.39, 0.29) is 18.1 Å². The number of nitrogens with zero attached hydrogens (tertiary/aromatic N) is 7. The molecule has 11 nitrogen and oxygen atoms in total. The molecule has 12 heteroatoms. The van der Waals surface area contributed by atoms with E-state index in [1.807, 2.05) is 19.1 Å².